The number of nitrogens with zero attached hydrogens (tertiary/aromatic N) is 2. The molecule has 3 aromatic rings. The van der Waals surface area contributed by atoms with Crippen molar-refractivity contribution in [2.24, 2.45) is 0 Å². The minimum absolute atomic E-state index is 0.310. The van der Waals surface area contributed by atoms with E-state index in [1.165, 1.54) is 23.9 Å². The van der Waals surface area contributed by atoms with Gasteiger partial charge >= 0.3 is 0 Å². The van der Waals surface area contributed by atoms with Crippen molar-refractivity contribution < 1.29 is 8.81 Å². The maximum atomic E-state index is 12.9. The van der Waals surface area contributed by atoms with E-state index in [4.69, 9.17) is 27.6 Å². The second kappa shape index (κ2) is 6.69. The molecule has 0 atom stereocenters. The van der Waals surface area contributed by atoms with Gasteiger partial charge in [-0.3, -0.25) is 0 Å². The average molecular weight is 355 g/mol. The number of benzene rings is 2. The van der Waals surface area contributed by atoms with Gasteiger partial charge in [-0.25, -0.2) is 4.39 Å². The van der Waals surface area contributed by atoms with Crippen LogP contribution in [0.1, 0.15) is 5.56 Å². The van der Waals surface area contributed by atoms with Crippen LogP contribution in [0.2, 0.25) is 10.0 Å². The lowest BCUT2D eigenvalue weighted by Gasteiger charge is -2.02. The largest absolute Gasteiger partial charge is 0.411 e. The Hall–Kier alpha value is -1.56. The molecule has 0 N–H and O–H groups in total. The molecule has 1 heterocycles. The smallest absolute Gasteiger partial charge is 0.277 e. The molecule has 0 aliphatic rings. The summed E-state index contributed by atoms with van der Waals surface area (Å²) < 4.78 is 18.4. The molecule has 0 spiro atoms. The van der Waals surface area contributed by atoms with Crippen LogP contribution in [0.3, 0.4) is 0 Å². The van der Waals surface area contributed by atoms with Gasteiger partial charge in [0.05, 0.1) is 0 Å². The summed E-state index contributed by atoms with van der Waals surface area (Å²) in [7, 11) is 0. The molecule has 0 amide bonds. The Morgan fingerprint density at radius 2 is 1.82 bits per heavy atom. The van der Waals surface area contributed by atoms with Gasteiger partial charge < -0.3 is 4.42 Å². The second-order valence-electron chi connectivity index (χ2n) is 4.40. The average Bonchev–Trinajstić information content (AvgIpc) is 2.96. The molecule has 0 radical (unpaired) electrons. The third kappa shape index (κ3) is 3.61. The first-order valence-electron chi connectivity index (χ1n) is 6.28. The first-order valence-corrected chi connectivity index (χ1v) is 8.02. The van der Waals surface area contributed by atoms with Gasteiger partial charge in [-0.1, -0.05) is 41.0 Å². The van der Waals surface area contributed by atoms with Crippen LogP contribution in [0.5, 0.6) is 0 Å². The monoisotopic (exact) mass is 354 g/mol. The summed E-state index contributed by atoms with van der Waals surface area (Å²) in [6.07, 6.45) is 0. The molecule has 0 bridgehead atoms. The lowest BCUT2D eigenvalue weighted by molar-refractivity contribution is 0.465. The van der Waals surface area contributed by atoms with Crippen molar-refractivity contribution in [3.05, 3.63) is 63.9 Å². The molecule has 0 fully saturated rings. The molecule has 0 saturated carbocycles. The van der Waals surface area contributed by atoms with Crippen LogP contribution in [0.4, 0.5) is 4.39 Å². The Morgan fingerprint density at radius 1 is 1.05 bits per heavy atom. The summed E-state index contributed by atoms with van der Waals surface area (Å²) in [6.45, 7) is 0. The number of halogens is 3. The summed E-state index contributed by atoms with van der Waals surface area (Å²) in [5.74, 6) is 0.626. The molecule has 2 aromatic carbocycles. The van der Waals surface area contributed by atoms with Gasteiger partial charge in [0.15, 0.2) is 0 Å². The van der Waals surface area contributed by atoms with Crippen LogP contribution in [-0.2, 0) is 5.75 Å². The predicted molar refractivity (Wildman–Crippen MR) is 85.7 cm³/mol. The highest BCUT2D eigenvalue weighted by molar-refractivity contribution is 7.98. The van der Waals surface area contributed by atoms with Gasteiger partial charge in [-0.2, -0.15) is 0 Å². The van der Waals surface area contributed by atoms with Crippen molar-refractivity contribution >= 4 is 35.0 Å². The Morgan fingerprint density at radius 3 is 2.55 bits per heavy atom. The van der Waals surface area contributed by atoms with Gasteiger partial charge in [0.25, 0.3) is 5.22 Å². The van der Waals surface area contributed by atoms with Gasteiger partial charge in [-0.15, -0.1) is 10.2 Å². The fraction of sp³-hybridized carbons (Fsp3) is 0.0667. The summed E-state index contributed by atoms with van der Waals surface area (Å²) >= 11 is 13.3. The molecule has 22 heavy (non-hydrogen) atoms. The molecule has 3 nitrogen and oxygen atoms in total. The zero-order chi connectivity index (χ0) is 15.5. The van der Waals surface area contributed by atoms with E-state index in [1.54, 1.807) is 24.3 Å². The van der Waals surface area contributed by atoms with Crippen molar-refractivity contribution in [1.82, 2.24) is 10.2 Å². The normalized spacial score (nSPS) is 10.9. The molecule has 0 aliphatic heterocycles. The van der Waals surface area contributed by atoms with Crippen LogP contribution in [-0.4, -0.2) is 10.2 Å². The van der Waals surface area contributed by atoms with E-state index in [-0.39, 0.29) is 5.82 Å². The highest BCUT2D eigenvalue weighted by Crippen LogP contribution is 2.29. The minimum atomic E-state index is -0.310. The summed E-state index contributed by atoms with van der Waals surface area (Å²) in [4.78, 5) is 0. The van der Waals surface area contributed by atoms with Crippen molar-refractivity contribution in [2.75, 3.05) is 0 Å². The highest BCUT2D eigenvalue weighted by Gasteiger charge is 2.10. The molecular weight excluding hydrogens is 346 g/mol. The SMILES string of the molecule is Fc1ccc(-c2nnc(SCc3ccc(Cl)cc3Cl)o2)cc1. The zero-order valence-corrected chi connectivity index (χ0v) is 13.4. The van der Waals surface area contributed by atoms with Crippen LogP contribution in [0.25, 0.3) is 11.5 Å². The maximum absolute atomic E-state index is 12.9. The maximum Gasteiger partial charge on any atom is 0.277 e. The summed E-state index contributed by atoms with van der Waals surface area (Å²) in [6, 6.07) is 11.2. The zero-order valence-electron chi connectivity index (χ0n) is 11.1. The predicted octanol–water partition coefficient (Wildman–Crippen LogP) is 5.47. The Bertz CT molecular complexity index is 792. The van der Waals surface area contributed by atoms with Crippen LogP contribution < -0.4 is 0 Å². The molecule has 7 heteroatoms. The van der Waals surface area contributed by atoms with Crippen molar-refractivity contribution in [2.45, 2.75) is 11.0 Å². The molecule has 1 aromatic heterocycles. The Kier molecular flexibility index (Phi) is 4.66. The van der Waals surface area contributed by atoms with Crippen molar-refractivity contribution in [1.29, 1.82) is 0 Å². The van der Waals surface area contributed by atoms with Gasteiger partial charge in [0.2, 0.25) is 5.89 Å². The third-order valence-electron chi connectivity index (χ3n) is 2.86. The highest BCUT2D eigenvalue weighted by atomic mass is 35.5. The van der Waals surface area contributed by atoms with E-state index >= 15 is 0 Å². The number of thioether (sulfide) groups is 1. The van der Waals surface area contributed by atoms with E-state index < -0.39 is 0 Å². The van der Waals surface area contributed by atoms with Gasteiger partial charge in [0.1, 0.15) is 5.82 Å². The van der Waals surface area contributed by atoms with Crippen molar-refractivity contribution in [3.63, 3.8) is 0 Å². The Labute approximate surface area is 140 Å². The molecular formula is C15H9Cl2FN2OS. The number of aromatic nitrogens is 2. The van der Waals surface area contributed by atoms with E-state index in [0.29, 0.717) is 32.5 Å². The number of hydrogen-bond acceptors (Lipinski definition) is 4. The van der Waals surface area contributed by atoms with E-state index in [9.17, 15) is 4.39 Å². The van der Waals surface area contributed by atoms with E-state index in [1.807, 2.05) is 6.07 Å². The molecule has 0 unspecified atom stereocenters. The molecule has 0 saturated heterocycles. The van der Waals surface area contributed by atoms with Crippen LogP contribution in [0, 0.1) is 5.82 Å². The summed E-state index contributed by atoms with van der Waals surface area (Å²) in [5.41, 5.74) is 1.60. The lowest BCUT2D eigenvalue weighted by atomic mass is 10.2. The quantitative estimate of drug-likeness (QED) is 0.582. The first-order chi connectivity index (χ1) is 10.6. The number of hydrogen-bond donors (Lipinski definition) is 0. The molecule has 0 aliphatic carbocycles. The first kappa shape index (κ1) is 15.3. The van der Waals surface area contributed by atoms with Gasteiger partial charge in [0, 0.05) is 21.4 Å². The fourth-order valence-electron chi connectivity index (χ4n) is 1.76. The van der Waals surface area contributed by atoms with Crippen LogP contribution >= 0.6 is 35.0 Å². The molecule has 3 rings (SSSR count). The van der Waals surface area contributed by atoms with E-state index in [2.05, 4.69) is 10.2 Å². The second-order valence-corrected chi connectivity index (χ2v) is 6.17. The van der Waals surface area contributed by atoms with Crippen molar-refractivity contribution in [3.8, 4) is 11.5 Å². The fourth-order valence-corrected chi connectivity index (χ4v) is 3.08. The number of rotatable bonds is 4. The lowest BCUT2D eigenvalue weighted by Crippen LogP contribution is -1.82. The topological polar surface area (TPSA) is 38.9 Å². The Balaban J connectivity index is 1.70. The third-order valence-corrected chi connectivity index (χ3v) is 4.32. The standard InChI is InChI=1S/C15H9Cl2FN2OS/c16-11-4-1-10(13(17)7-11)8-22-15-20-19-14(21-15)9-2-5-12(18)6-3-9/h1-7H,8H2. The van der Waals surface area contributed by atoms with E-state index in [0.717, 1.165) is 5.56 Å². The molecule has 112 valence electrons. The van der Waals surface area contributed by atoms with Gasteiger partial charge in [-0.05, 0) is 42.0 Å². The summed E-state index contributed by atoms with van der Waals surface area (Å²) in [5, 5.41) is 9.52. The van der Waals surface area contributed by atoms with Crippen LogP contribution in [0.15, 0.2) is 52.1 Å². The minimum Gasteiger partial charge on any atom is -0.411 e.